The number of anilines is 1. The standard InChI is InChI=1S/C20H22N4OS/c1-22-11-13-24(14-12-22)20(25)21-17-15-18(16-7-3-2-4-8-16)26-19(17)23-9-5-6-10-23/h2-10,15H,11-14H2,1H3,(H,21,25). The first-order chi connectivity index (χ1) is 12.7. The summed E-state index contributed by atoms with van der Waals surface area (Å²) in [4.78, 5) is 18.0. The van der Waals surface area contributed by atoms with Gasteiger partial charge in [0.15, 0.2) is 0 Å². The number of piperazine rings is 1. The Balaban J connectivity index is 1.62. The van der Waals surface area contributed by atoms with Crippen molar-refractivity contribution in [1.29, 1.82) is 0 Å². The summed E-state index contributed by atoms with van der Waals surface area (Å²) in [5.41, 5.74) is 2.01. The van der Waals surface area contributed by atoms with E-state index < -0.39 is 0 Å². The number of carbonyl (C=O) groups is 1. The first-order valence-electron chi connectivity index (χ1n) is 8.78. The predicted molar refractivity (Wildman–Crippen MR) is 107 cm³/mol. The van der Waals surface area contributed by atoms with Crippen molar-refractivity contribution in [2.75, 3.05) is 38.5 Å². The van der Waals surface area contributed by atoms with Crippen molar-refractivity contribution in [3.8, 4) is 15.4 Å². The molecule has 6 heteroatoms. The molecule has 3 aromatic rings. The van der Waals surface area contributed by atoms with E-state index >= 15 is 0 Å². The lowest BCUT2D eigenvalue weighted by atomic mass is 10.2. The molecule has 26 heavy (non-hydrogen) atoms. The highest BCUT2D eigenvalue weighted by atomic mass is 32.1. The number of carbonyl (C=O) groups excluding carboxylic acids is 1. The van der Waals surface area contributed by atoms with Crippen LogP contribution in [0.3, 0.4) is 0 Å². The second-order valence-corrected chi connectivity index (χ2v) is 7.54. The zero-order chi connectivity index (χ0) is 17.9. The second kappa shape index (κ2) is 7.35. The first-order valence-corrected chi connectivity index (χ1v) is 9.59. The van der Waals surface area contributed by atoms with Gasteiger partial charge in [0.05, 0.1) is 5.69 Å². The number of thiophene rings is 1. The highest BCUT2D eigenvalue weighted by Crippen LogP contribution is 2.37. The summed E-state index contributed by atoms with van der Waals surface area (Å²) >= 11 is 1.68. The number of hydrogen-bond donors (Lipinski definition) is 1. The summed E-state index contributed by atoms with van der Waals surface area (Å²) in [6, 6.07) is 16.3. The van der Waals surface area contributed by atoms with Gasteiger partial charge >= 0.3 is 6.03 Å². The Bertz CT molecular complexity index is 865. The average Bonchev–Trinajstić information content (AvgIpc) is 3.32. The molecule has 1 aliphatic heterocycles. The number of hydrogen-bond acceptors (Lipinski definition) is 3. The summed E-state index contributed by atoms with van der Waals surface area (Å²) in [7, 11) is 2.09. The van der Waals surface area contributed by atoms with Crippen LogP contribution in [0.25, 0.3) is 15.4 Å². The minimum Gasteiger partial charge on any atom is -0.322 e. The van der Waals surface area contributed by atoms with Crippen LogP contribution in [0, 0.1) is 0 Å². The third kappa shape index (κ3) is 3.52. The van der Waals surface area contributed by atoms with Crippen molar-refractivity contribution in [1.82, 2.24) is 14.4 Å². The third-order valence-corrected chi connectivity index (χ3v) is 5.84. The summed E-state index contributed by atoms with van der Waals surface area (Å²) in [5.74, 6) is 0. The van der Waals surface area contributed by atoms with Crippen LogP contribution in [-0.4, -0.2) is 53.6 Å². The van der Waals surface area contributed by atoms with Crippen LogP contribution in [0.2, 0.25) is 0 Å². The predicted octanol–water partition coefficient (Wildman–Crippen LogP) is 3.99. The maximum absolute atomic E-state index is 12.7. The van der Waals surface area contributed by atoms with E-state index in [0.717, 1.165) is 47.3 Å². The summed E-state index contributed by atoms with van der Waals surface area (Å²) in [6.07, 6.45) is 4.01. The molecule has 5 nitrogen and oxygen atoms in total. The van der Waals surface area contributed by atoms with Gasteiger partial charge in [-0.15, -0.1) is 11.3 Å². The molecular weight excluding hydrogens is 344 g/mol. The quantitative estimate of drug-likeness (QED) is 0.761. The molecule has 134 valence electrons. The Kier molecular flexibility index (Phi) is 4.77. The second-order valence-electron chi connectivity index (χ2n) is 6.51. The van der Waals surface area contributed by atoms with Gasteiger partial charge in [-0.25, -0.2) is 4.79 Å². The molecule has 2 amide bonds. The fourth-order valence-corrected chi connectivity index (χ4v) is 4.17. The maximum Gasteiger partial charge on any atom is 0.322 e. The first kappa shape index (κ1) is 16.9. The molecule has 4 rings (SSSR count). The minimum absolute atomic E-state index is 0.0242. The summed E-state index contributed by atoms with van der Waals surface area (Å²) in [5, 5.41) is 4.16. The summed E-state index contributed by atoms with van der Waals surface area (Å²) < 4.78 is 2.05. The van der Waals surface area contributed by atoms with Gasteiger partial charge in [-0.05, 0) is 30.8 Å². The van der Waals surface area contributed by atoms with E-state index in [2.05, 4.69) is 40.0 Å². The highest BCUT2D eigenvalue weighted by Gasteiger charge is 2.21. The molecular formula is C20H22N4OS. The van der Waals surface area contributed by atoms with E-state index in [1.54, 1.807) is 11.3 Å². The molecule has 1 fully saturated rings. The molecule has 0 aliphatic carbocycles. The number of aromatic nitrogens is 1. The number of nitrogens with zero attached hydrogens (tertiary/aromatic N) is 3. The molecule has 0 bridgehead atoms. The van der Waals surface area contributed by atoms with Crippen molar-refractivity contribution in [3.05, 3.63) is 60.9 Å². The van der Waals surface area contributed by atoms with Gasteiger partial charge < -0.3 is 19.7 Å². The largest absolute Gasteiger partial charge is 0.322 e. The molecule has 1 saturated heterocycles. The average molecular weight is 366 g/mol. The van der Waals surface area contributed by atoms with E-state index in [4.69, 9.17) is 0 Å². The number of rotatable bonds is 3. The van der Waals surface area contributed by atoms with Crippen LogP contribution < -0.4 is 5.32 Å². The third-order valence-electron chi connectivity index (χ3n) is 4.64. The fourth-order valence-electron chi connectivity index (χ4n) is 3.08. The Morgan fingerprint density at radius 3 is 2.38 bits per heavy atom. The van der Waals surface area contributed by atoms with Crippen LogP contribution in [-0.2, 0) is 0 Å². The maximum atomic E-state index is 12.7. The molecule has 0 unspecified atom stereocenters. The molecule has 0 atom stereocenters. The monoisotopic (exact) mass is 366 g/mol. The molecule has 1 N–H and O–H groups in total. The SMILES string of the molecule is CN1CCN(C(=O)Nc2cc(-c3ccccc3)sc2-n2cccc2)CC1. The smallest absolute Gasteiger partial charge is 0.322 e. The van der Waals surface area contributed by atoms with Gasteiger partial charge in [0.2, 0.25) is 0 Å². The Labute approximate surface area is 157 Å². The van der Waals surface area contributed by atoms with E-state index in [0.29, 0.717) is 0 Å². The fraction of sp³-hybridized carbons (Fsp3) is 0.250. The van der Waals surface area contributed by atoms with E-state index in [1.807, 2.05) is 47.6 Å². The molecule has 0 spiro atoms. The zero-order valence-corrected chi connectivity index (χ0v) is 15.6. The van der Waals surface area contributed by atoms with Crippen molar-refractivity contribution >= 4 is 23.1 Å². The topological polar surface area (TPSA) is 40.5 Å². The van der Waals surface area contributed by atoms with Gasteiger partial charge in [0.25, 0.3) is 0 Å². The number of likely N-dealkylation sites (N-methyl/N-ethyl adjacent to an activating group) is 1. The lowest BCUT2D eigenvalue weighted by molar-refractivity contribution is 0.164. The van der Waals surface area contributed by atoms with Crippen LogP contribution in [0.4, 0.5) is 10.5 Å². The molecule has 1 aliphatic rings. The zero-order valence-electron chi connectivity index (χ0n) is 14.8. The lowest BCUT2D eigenvalue weighted by Gasteiger charge is -2.32. The van der Waals surface area contributed by atoms with Crippen LogP contribution in [0.5, 0.6) is 0 Å². The van der Waals surface area contributed by atoms with Gasteiger partial charge in [0.1, 0.15) is 5.00 Å². The van der Waals surface area contributed by atoms with Crippen LogP contribution in [0.15, 0.2) is 60.9 Å². The van der Waals surface area contributed by atoms with Crippen LogP contribution in [0.1, 0.15) is 0 Å². The number of benzene rings is 1. The Morgan fingerprint density at radius 2 is 1.69 bits per heavy atom. The number of urea groups is 1. The van der Waals surface area contributed by atoms with Crippen molar-refractivity contribution in [2.24, 2.45) is 0 Å². The summed E-state index contributed by atoms with van der Waals surface area (Å²) in [6.45, 7) is 3.35. The van der Waals surface area contributed by atoms with Crippen molar-refractivity contribution in [2.45, 2.75) is 0 Å². The number of amides is 2. The Hall–Kier alpha value is -2.57. The Morgan fingerprint density at radius 1 is 1.00 bits per heavy atom. The van der Waals surface area contributed by atoms with Crippen LogP contribution >= 0.6 is 11.3 Å². The highest BCUT2D eigenvalue weighted by molar-refractivity contribution is 7.18. The number of nitrogens with one attached hydrogen (secondary N) is 1. The van der Waals surface area contributed by atoms with E-state index in [-0.39, 0.29) is 6.03 Å². The van der Waals surface area contributed by atoms with E-state index in [9.17, 15) is 4.79 Å². The molecule has 1 aromatic carbocycles. The van der Waals surface area contributed by atoms with Crippen molar-refractivity contribution < 1.29 is 4.79 Å². The van der Waals surface area contributed by atoms with E-state index in [1.165, 1.54) is 0 Å². The molecule has 0 radical (unpaired) electrons. The van der Waals surface area contributed by atoms with Gasteiger partial charge in [-0.1, -0.05) is 30.3 Å². The van der Waals surface area contributed by atoms with Gasteiger partial charge in [0, 0.05) is 43.4 Å². The van der Waals surface area contributed by atoms with Crippen molar-refractivity contribution in [3.63, 3.8) is 0 Å². The lowest BCUT2D eigenvalue weighted by Crippen LogP contribution is -2.48. The minimum atomic E-state index is -0.0242. The molecule has 2 aromatic heterocycles. The van der Waals surface area contributed by atoms with Gasteiger partial charge in [-0.2, -0.15) is 0 Å². The molecule has 3 heterocycles. The van der Waals surface area contributed by atoms with Gasteiger partial charge in [-0.3, -0.25) is 0 Å². The normalized spacial score (nSPS) is 15.2. The molecule has 0 saturated carbocycles.